The quantitative estimate of drug-likeness (QED) is 0.911. The summed E-state index contributed by atoms with van der Waals surface area (Å²) in [4.78, 5) is 12.3. The van der Waals surface area contributed by atoms with Gasteiger partial charge < -0.3 is 14.6 Å². The Hall–Kier alpha value is -2.49. The third-order valence-corrected chi connectivity index (χ3v) is 3.18. The van der Waals surface area contributed by atoms with Gasteiger partial charge in [-0.2, -0.15) is 0 Å². The second kappa shape index (κ2) is 4.89. The summed E-state index contributed by atoms with van der Waals surface area (Å²) in [7, 11) is 0. The molecule has 1 N–H and O–H groups in total. The molecule has 0 saturated carbocycles. The highest BCUT2D eigenvalue weighted by Crippen LogP contribution is 2.30. The van der Waals surface area contributed by atoms with Gasteiger partial charge >= 0.3 is 0 Å². The smallest absolute Gasteiger partial charge is 0.210 e. The van der Waals surface area contributed by atoms with Crippen molar-refractivity contribution < 1.29 is 19.4 Å². The summed E-state index contributed by atoms with van der Waals surface area (Å²) in [5.41, 5.74) is 1.50. The lowest BCUT2D eigenvalue weighted by Crippen LogP contribution is -2.37. The van der Waals surface area contributed by atoms with Gasteiger partial charge in [-0.15, -0.1) is 0 Å². The average molecular weight is 270 g/mol. The number of phenolic OH excluding ortho intramolecular Hbond substituents is 1. The molecule has 0 radical (unpaired) electrons. The number of ether oxygens (including phenoxy) is 2. The van der Waals surface area contributed by atoms with Gasteiger partial charge in [0.1, 0.15) is 23.9 Å². The van der Waals surface area contributed by atoms with Crippen LogP contribution < -0.4 is 9.47 Å². The van der Waals surface area contributed by atoms with Crippen LogP contribution in [0, 0.1) is 6.92 Å². The standard InChI is InChI=1S/C16H14O4/c1-10-3-2-4-12(7-10)20-15-9-19-14-8-11(17)5-6-13(14)16(15)18/h2-8,15,17H,9H2,1H3. The number of carbonyl (C=O) groups is 1. The molecule has 0 bridgehead atoms. The van der Waals surface area contributed by atoms with Gasteiger partial charge in [0.05, 0.1) is 5.56 Å². The molecule has 0 amide bonds. The number of rotatable bonds is 2. The van der Waals surface area contributed by atoms with Crippen molar-refractivity contribution in [1.82, 2.24) is 0 Å². The number of carbonyl (C=O) groups excluding carboxylic acids is 1. The molecule has 1 aliphatic rings. The Morgan fingerprint density at radius 3 is 2.90 bits per heavy atom. The zero-order valence-corrected chi connectivity index (χ0v) is 11.0. The van der Waals surface area contributed by atoms with E-state index in [4.69, 9.17) is 9.47 Å². The Balaban J connectivity index is 1.84. The number of ketones is 1. The minimum atomic E-state index is -0.658. The molecule has 1 unspecified atom stereocenters. The van der Waals surface area contributed by atoms with Crippen molar-refractivity contribution in [1.29, 1.82) is 0 Å². The molecule has 0 fully saturated rings. The minimum absolute atomic E-state index is 0.0783. The summed E-state index contributed by atoms with van der Waals surface area (Å²) in [5, 5.41) is 9.38. The van der Waals surface area contributed by atoms with Crippen LogP contribution in [0.4, 0.5) is 0 Å². The number of benzene rings is 2. The molecule has 20 heavy (non-hydrogen) atoms. The van der Waals surface area contributed by atoms with E-state index in [0.29, 0.717) is 17.1 Å². The number of phenols is 1. The van der Waals surface area contributed by atoms with Crippen molar-refractivity contribution in [3.8, 4) is 17.2 Å². The van der Waals surface area contributed by atoms with E-state index in [1.54, 1.807) is 6.07 Å². The fourth-order valence-electron chi connectivity index (χ4n) is 2.19. The van der Waals surface area contributed by atoms with Crippen LogP contribution in [0.2, 0.25) is 0 Å². The minimum Gasteiger partial charge on any atom is -0.508 e. The SMILES string of the molecule is Cc1cccc(OC2COc3cc(O)ccc3C2=O)c1. The number of aromatic hydroxyl groups is 1. The van der Waals surface area contributed by atoms with Crippen LogP contribution in [-0.4, -0.2) is 23.6 Å². The van der Waals surface area contributed by atoms with Crippen LogP contribution >= 0.6 is 0 Å². The van der Waals surface area contributed by atoms with Gasteiger partial charge in [0.15, 0.2) is 6.10 Å². The van der Waals surface area contributed by atoms with Crippen molar-refractivity contribution in [2.24, 2.45) is 0 Å². The van der Waals surface area contributed by atoms with Gasteiger partial charge in [-0.05, 0) is 36.8 Å². The van der Waals surface area contributed by atoms with Gasteiger partial charge in [0, 0.05) is 6.07 Å². The zero-order chi connectivity index (χ0) is 14.1. The first-order chi connectivity index (χ1) is 9.63. The molecule has 3 rings (SSSR count). The molecular formula is C16H14O4. The fraction of sp³-hybridized carbons (Fsp3) is 0.188. The van der Waals surface area contributed by atoms with Crippen LogP contribution in [0.25, 0.3) is 0 Å². The summed E-state index contributed by atoms with van der Waals surface area (Å²) in [6, 6.07) is 12.0. The van der Waals surface area contributed by atoms with Crippen LogP contribution in [0.3, 0.4) is 0 Å². The molecular weight excluding hydrogens is 256 g/mol. The Morgan fingerprint density at radius 1 is 1.25 bits per heavy atom. The van der Waals surface area contributed by atoms with E-state index in [1.807, 2.05) is 31.2 Å². The van der Waals surface area contributed by atoms with Gasteiger partial charge in [0.25, 0.3) is 0 Å². The molecule has 0 saturated heterocycles. The van der Waals surface area contributed by atoms with Crippen molar-refractivity contribution in [3.05, 3.63) is 53.6 Å². The summed E-state index contributed by atoms with van der Waals surface area (Å²) in [6.07, 6.45) is -0.658. The van der Waals surface area contributed by atoms with E-state index in [2.05, 4.69) is 0 Å². The normalized spacial score (nSPS) is 17.2. The molecule has 4 nitrogen and oxygen atoms in total. The van der Waals surface area contributed by atoms with Crippen LogP contribution in [0.15, 0.2) is 42.5 Å². The van der Waals surface area contributed by atoms with E-state index in [9.17, 15) is 9.90 Å². The predicted octanol–water partition coefficient (Wildman–Crippen LogP) is 2.72. The van der Waals surface area contributed by atoms with Crippen molar-refractivity contribution in [2.75, 3.05) is 6.61 Å². The van der Waals surface area contributed by atoms with Crippen LogP contribution in [0.1, 0.15) is 15.9 Å². The van der Waals surface area contributed by atoms with E-state index >= 15 is 0 Å². The maximum atomic E-state index is 12.3. The Morgan fingerprint density at radius 2 is 2.10 bits per heavy atom. The molecule has 0 aliphatic carbocycles. The summed E-state index contributed by atoms with van der Waals surface area (Å²) in [5.74, 6) is 0.996. The lowest BCUT2D eigenvalue weighted by atomic mass is 10.0. The van der Waals surface area contributed by atoms with E-state index in [-0.39, 0.29) is 18.1 Å². The molecule has 1 aliphatic heterocycles. The first kappa shape index (κ1) is 12.5. The second-order valence-electron chi connectivity index (χ2n) is 4.78. The molecule has 2 aromatic rings. The number of hydrogen-bond donors (Lipinski definition) is 1. The first-order valence-electron chi connectivity index (χ1n) is 6.37. The maximum Gasteiger partial charge on any atom is 0.210 e. The number of fused-ring (bicyclic) bond motifs is 1. The van der Waals surface area contributed by atoms with Crippen molar-refractivity contribution in [2.45, 2.75) is 13.0 Å². The van der Waals surface area contributed by atoms with Crippen LogP contribution in [-0.2, 0) is 0 Å². The highest BCUT2D eigenvalue weighted by Gasteiger charge is 2.30. The number of Topliss-reactive ketones (excluding diaryl/α,β-unsaturated/α-hetero) is 1. The van der Waals surface area contributed by atoms with Crippen LogP contribution in [0.5, 0.6) is 17.2 Å². The third kappa shape index (κ3) is 2.32. The Bertz CT molecular complexity index is 663. The number of hydrogen-bond acceptors (Lipinski definition) is 4. The molecule has 0 aromatic heterocycles. The average Bonchev–Trinajstić information content (AvgIpc) is 2.42. The predicted molar refractivity (Wildman–Crippen MR) is 73.5 cm³/mol. The lowest BCUT2D eigenvalue weighted by molar-refractivity contribution is 0.0628. The van der Waals surface area contributed by atoms with E-state index in [1.165, 1.54) is 12.1 Å². The third-order valence-electron chi connectivity index (χ3n) is 3.18. The Labute approximate surface area is 116 Å². The maximum absolute atomic E-state index is 12.3. The highest BCUT2D eigenvalue weighted by atomic mass is 16.5. The summed E-state index contributed by atoms with van der Waals surface area (Å²) in [6.45, 7) is 2.10. The Kier molecular flexibility index (Phi) is 3.06. The topological polar surface area (TPSA) is 55.8 Å². The van der Waals surface area contributed by atoms with E-state index in [0.717, 1.165) is 5.56 Å². The molecule has 0 spiro atoms. The molecule has 102 valence electrons. The van der Waals surface area contributed by atoms with Gasteiger partial charge in [-0.1, -0.05) is 12.1 Å². The molecule has 1 atom stereocenters. The van der Waals surface area contributed by atoms with E-state index < -0.39 is 6.10 Å². The molecule has 2 aromatic carbocycles. The van der Waals surface area contributed by atoms with Gasteiger partial charge in [0.2, 0.25) is 5.78 Å². The largest absolute Gasteiger partial charge is 0.508 e. The summed E-state index contributed by atoms with van der Waals surface area (Å²) < 4.78 is 11.2. The van der Waals surface area contributed by atoms with Crippen molar-refractivity contribution >= 4 is 5.78 Å². The second-order valence-corrected chi connectivity index (χ2v) is 4.78. The lowest BCUT2D eigenvalue weighted by Gasteiger charge is -2.25. The zero-order valence-electron chi connectivity index (χ0n) is 11.0. The summed E-state index contributed by atoms with van der Waals surface area (Å²) >= 11 is 0. The van der Waals surface area contributed by atoms with Gasteiger partial charge in [-0.3, -0.25) is 4.79 Å². The first-order valence-corrected chi connectivity index (χ1v) is 6.37. The van der Waals surface area contributed by atoms with Gasteiger partial charge in [-0.25, -0.2) is 0 Å². The molecule has 4 heteroatoms. The fourth-order valence-corrected chi connectivity index (χ4v) is 2.19. The van der Waals surface area contributed by atoms with Crippen molar-refractivity contribution in [3.63, 3.8) is 0 Å². The monoisotopic (exact) mass is 270 g/mol. The molecule has 1 heterocycles. The highest BCUT2D eigenvalue weighted by molar-refractivity contribution is 6.03. The number of aryl methyl sites for hydroxylation is 1.